The van der Waals surface area contributed by atoms with Gasteiger partial charge in [0.05, 0.1) is 7.11 Å². The van der Waals surface area contributed by atoms with Gasteiger partial charge in [0.15, 0.2) is 0 Å². The number of carboxylic acids is 1. The van der Waals surface area contributed by atoms with E-state index in [4.69, 9.17) is 14.7 Å². The number of ketones is 2. The SMILES string of the molecule is C.C.CC.CC.CC(=O)O.CC(C)=O.CCC.CCC(C)=O.COC=O.[H-].[H-].[K+].[K+]. The van der Waals surface area contributed by atoms with E-state index in [1.807, 2.05) is 34.6 Å². The zero-order valence-electron chi connectivity index (χ0n) is 22.0. The molecule has 8 heteroatoms. The van der Waals surface area contributed by atoms with Gasteiger partial charge in [-0.25, -0.2) is 0 Å². The van der Waals surface area contributed by atoms with Crippen LogP contribution in [0, 0.1) is 0 Å². The summed E-state index contributed by atoms with van der Waals surface area (Å²) in [5, 5.41) is 7.42. The third-order valence-electron chi connectivity index (χ3n) is 0.594. The van der Waals surface area contributed by atoms with Crippen LogP contribution in [0.5, 0.6) is 0 Å². The van der Waals surface area contributed by atoms with E-state index < -0.39 is 5.97 Å². The predicted molar refractivity (Wildman–Crippen MR) is 118 cm³/mol. The van der Waals surface area contributed by atoms with Gasteiger partial charge in [0.25, 0.3) is 12.4 Å². The number of aliphatic carboxylic acids is 1. The van der Waals surface area contributed by atoms with E-state index in [0.717, 1.165) is 6.92 Å². The van der Waals surface area contributed by atoms with Crippen LogP contribution < -0.4 is 103 Å². The first kappa shape index (κ1) is 70.0. The third kappa shape index (κ3) is 937. The number of carboxylic acid groups (broad SMARTS) is 1. The molecule has 0 amide bonds. The van der Waals surface area contributed by atoms with Crippen molar-refractivity contribution in [3.63, 3.8) is 0 Å². The summed E-state index contributed by atoms with van der Waals surface area (Å²) in [6.45, 7) is 20.2. The normalized spacial score (nSPS) is 5.00. The fraction of sp³-hybridized carbons (Fsp3) is 0.800. The maximum Gasteiger partial charge on any atom is 1.00 e. The molecule has 0 aromatic carbocycles. The van der Waals surface area contributed by atoms with Crippen molar-refractivity contribution >= 4 is 24.0 Å². The third-order valence-corrected chi connectivity index (χ3v) is 0.594. The van der Waals surface area contributed by atoms with E-state index in [2.05, 4.69) is 18.6 Å². The van der Waals surface area contributed by atoms with Crippen LogP contribution >= 0.6 is 0 Å². The predicted octanol–water partition coefficient (Wildman–Crippen LogP) is 0.435. The van der Waals surface area contributed by atoms with Crippen LogP contribution in [0.4, 0.5) is 0 Å². The molecule has 6 nitrogen and oxygen atoms in total. The molecule has 170 valence electrons. The summed E-state index contributed by atoms with van der Waals surface area (Å²) in [4.78, 5) is 37.2. The quantitative estimate of drug-likeness (QED) is 0.468. The molecule has 0 bridgehead atoms. The Hall–Kier alpha value is 1.55. The molecular formula is C20H52K2O6. The van der Waals surface area contributed by atoms with Crippen molar-refractivity contribution in [1.29, 1.82) is 0 Å². The number of hydrogen-bond donors (Lipinski definition) is 1. The second kappa shape index (κ2) is 102. The molecule has 0 aliphatic heterocycles. The molecule has 0 aliphatic rings. The van der Waals surface area contributed by atoms with Crippen molar-refractivity contribution in [1.82, 2.24) is 0 Å². The van der Waals surface area contributed by atoms with Gasteiger partial charge in [0.1, 0.15) is 11.6 Å². The average Bonchev–Trinajstić information content (AvgIpc) is 2.51. The van der Waals surface area contributed by atoms with E-state index >= 15 is 0 Å². The van der Waals surface area contributed by atoms with Crippen LogP contribution in [0.25, 0.3) is 0 Å². The molecule has 0 saturated heterocycles. The fourth-order valence-corrected chi connectivity index (χ4v) is 0. The molecule has 0 heterocycles. The van der Waals surface area contributed by atoms with Crippen molar-refractivity contribution in [3.05, 3.63) is 0 Å². The molecule has 0 atom stereocenters. The second-order valence-electron chi connectivity index (χ2n) is 3.52. The maximum absolute atomic E-state index is 9.81. The van der Waals surface area contributed by atoms with Crippen molar-refractivity contribution in [2.75, 3.05) is 7.11 Å². The maximum atomic E-state index is 9.81. The van der Waals surface area contributed by atoms with Crippen LogP contribution in [0.1, 0.15) is 107 Å². The molecule has 0 aliphatic carbocycles. The number of Topliss-reactive ketones (excluding diaryl/α,β-unsaturated/α-hetero) is 2. The van der Waals surface area contributed by atoms with Crippen LogP contribution in [0.3, 0.4) is 0 Å². The van der Waals surface area contributed by atoms with Gasteiger partial charge in [0.2, 0.25) is 0 Å². The van der Waals surface area contributed by atoms with Gasteiger partial charge in [-0.2, -0.15) is 0 Å². The molecule has 0 rings (SSSR count). The van der Waals surface area contributed by atoms with Gasteiger partial charge in [-0.05, 0) is 20.8 Å². The zero-order valence-corrected chi connectivity index (χ0v) is 26.2. The second-order valence-corrected chi connectivity index (χ2v) is 3.52. The molecule has 1 N–H and O–H groups in total. The van der Waals surface area contributed by atoms with Crippen molar-refractivity contribution in [3.8, 4) is 0 Å². The Labute approximate surface area is 265 Å². The number of ether oxygens (including phenoxy) is 1. The van der Waals surface area contributed by atoms with Gasteiger partial charge in [-0.15, -0.1) is 0 Å². The van der Waals surface area contributed by atoms with Crippen molar-refractivity contribution in [2.45, 2.75) is 104 Å². The number of rotatable bonds is 2. The number of carbonyl (C=O) groups is 4. The summed E-state index contributed by atoms with van der Waals surface area (Å²) in [5.41, 5.74) is 0. The standard InChI is InChI=1S/C4H8O.C3H6O.C3H8.2C2H4O2.2C2H6.2CH4.2K.2H/c1-3-4(2)5;1-3(2)4;1-3-2;1-4-2-3;1-2(3)4;2*1-2;;;;;;/h3H2,1-2H3;1-2H3;3H2,1-2H3;2H,1H3;1H3,(H,3,4);2*1-2H3;2*1H4;;;;/q;;;;;;;;;2*+1;2*-1. The minimum atomic E-state index is -0.833. The van der Waals surface area contributed by atoms with E-state index in [1.165, 1.54) is 27.4 Å². The first-order valence-electron chi connectivity index (χ1n) is 8.19. The summed E-state index contributed by atoms with van der Waals surface area (Å²) < 4.78 is 3.86. The Bertz CT molecular complexity index is 227. The summed E-state index contributed by atoms with van der Waals surface area (Å²) in [5.74, 6) is -0.412. The Morgan fingerprint density at radius 1 is 0.857 bits per heavy atom. The molecule has 0 spiro atoms. The summed E-state index contributed by atoms with van der Waals surface area (Å²) in [7, 11) is 1.31. The van der Waals surface area contributed by atoms with Crippen molar-refractivity contribution in [2.24, 2.45) is 0 Å². The summed E-state index contributed by atoms with van der Waals surface area (Å²) >= 11 is 0. The minimum absolute atomic E-state index is 0. The van der Waals surface area contributed by atoms with Crippen LogP contribution in [0.2, 0.25) is 0 Å². The van der Waals surface area contributed by atoms with Crippen molar-refractivity contribution < 1.29 is 135 Å². The van der Waals surface area contributed by atoms with Crippen LogP contribution in [0.15, 0.2) is 0 Å². The van der Waals surface area contributed by atoms with Crippen LogP contribution in [-0.4, -0.2) is 36.2 Å². The number of hydrogen-bond acceptors (Lipinski definition) is 5. The molecule has 0 aromatic heterocycles. The van der Waals surface area contributed by atoms with Gasteiger partial charge in [-0.1, -0.05) is 69.7 Å². The topological polar surface area (TPSA) is 97.7 Å². The monoisotopic (exact) mass is 466 g/mol. The van der Waals surface area contributed by atoms with Gasteiger partial charge >= 0.3 is 103 Å². The molecular weight excluding hydrogens is 414 g/mol. The Kier molecular flexibility index (Phi) is 256. The average molecular weight is 467 g/mol. The molecule has 28 heavy (non-hydrogen) atoms. The first-order chi connectivity index (χ1) is 11.1. The largest absolute Gasteiger partial charge is 1.00 e. The molecule has 0 unspecified atom stereocenters. The van der Waals surface area contributed by atoms with E-state index in [-0.39, 0.29) is 132 Å². The Balaban J connectivity index is -0.0000000101. The van der Waals surface area contributed by atoms with E-state index in [0.29, 0.717) is 12.9 Å². The number of methoxy groups -OCH3 is 1. The smallest absolute Gasteiger partial charge is 1.00 e. The summed E-state index contributed by atoms with van der Waals surface area (Å²) in [6.07, 6.45) is 1.92. The first-order valence-corrected chi connectivity index (χ1v) is 8.19. The number of carbonyl (C=O) groups excluding carboxylic acids is 3. The minimum Gasteiger partial charge on any atom is -1.00 e. The van der Waals surface area contributed by atoms with Gasteiger partial charge in [-0.3, -0.25) is 9.59 Å². The van der Waals surface area contributed by atoms with E-state index in [9.17, 15) is 9.59 Å². The Morgan fingerprint density at radius 3 is 0.929 bits per heavy atom. The molecule has 0 saturated carbocycles. The molecule has 0 radical (unpaired) electrons. The van der Waals surface area contributed by atoms with Gasteiger partial charge < -0.3 is 22.3 Å². The zero-order chi connectivity index (χ0) is 21.6. The fourth-order valence-electron chi connectivity index (χ4n) is 0. The molecule has 0 aromatic rings. The van der Waals surface area contributed by atoms with Crippen LogP contribution in [-0.2, 0) is 23.9 Å². The van der Waals surface area contributed by atoms with E-state index in [1.54, 1.807) is 6.92 Å². The van der Waals surface area contributed by atoms with Gasteiger partial charge in [0, 0.05) is 13.3 Å². The Morgan fingerprint density at radius 2 is 0.929 bits per heavy atom. The molecule has 0 fully saturated rings. The summed E-state index contributed by atoms with van der Waals surface area (Å²) in [6, 6.07) is 0.